The summed E-state index contributed by atoms with van der Waals surface area (Å²) in [6, 6.07) is -0.120. The van der Waals surface area contributed by atoms with E-state index in [9.17, 15) is 22.8 Å². The smallest absolute Gasteiger partial charge is 0.475 e. The van der Waals surface area contributed by atoms with Crippen LogP contribution in [0.3, 0.4) is 0 Å². The molecule has 0 spiro atoms. The molecule has 2 rings (SSSR count). The van der Waals surface area contributed by atoms with Crippen molar-refractivity contribution in [2.75, 3.05) is 40.9 Å². The van der Waals surface area contributed by atoms with E-state index < -0.39 is 12.1 Å². The third kappa shape index (κ3) is 7.99. The van der Waals surface area contributed by atoms with Crippen LogP contribution in [0.15, 0.2) is 4.42 Å². The Bertz CT molecular complexity index is 750. The van der Waals surface area contributed by atoms with Crippen molar-refractivity contribution < 1.29 is 41.8 Å². The van der Waals surface area contributed by atoms with Crippen molar-refractivity contribution in [3.8, 4) is 0 Å². The Morgan fingerprint density at radius 3 is 2.47 bits per heavy atom. The predicted octanol–water partition coefficient (Wildman–Crippen LogP) is 0.519. The Balaban J connectivity index is 0.000000553. The van der Waals surface area contributed by atoms with Crippen LogP contribution in [-0.4, -0.2) is 90.8 Å². The summed E-state index contributed by atoms with van der Waals surface area (Å²) in [6.45, 7) is 3.83. The molecule has 0 bridgehead atoms. The van der Waals surface area contributed by atoms with E-state index in [1.807, 2.05) is 11.8 Å². The van der Waals surface area contributed by atoms with Gasteiger partial charge in [-0.3, -0.25) is 14.5 Å². The molecule has 170 valence electrons. The zero-order valence-electron chi connectivity index (χ0n) is 17.1. The molecule has 0 saturated heterocycles. The molecular formula is C17H25F3N4O6. The highest BCUT2D eigenvalue weighted by atomic mass is 19.4. The zero-order valence-corrected chi connectivity index (χ0v) is 17.1. The fourth-order valence-corrected chi connectivity index (χ4v) is 2.39. The first-order valence-corrected chi connectivity index (χ1v) is 8.86. The van der Waals surface area contributed by atoms with Gasteiger partial charge in [0.25, 0.3) is 5.89 Å². The number of methoxy groups -OCH3 is 1. The number of aliphatic carboxylic acids is 1. The highest BCUT2D eigenvalue weighted by Gasteiger charge is 2.38. The highest BCUT2D eigenvalue weighted by Crippen LogP contribution is 2.20. The number of hydrogen-bond acceptors (Lipinski definition) is 7. The molecule has 1 aliphatic heterocycles. The number of ether oxygens (including phenoxy) is 1. The summed E-state index contributed by atoms with van der Waals surface area (Å²) in [5, 5.41) is 9.90. The summed E-state index contributed by atoms with van der Waals surface area (Å²) >= 11 is 0. The van der Waals surface area contributed by atoms with Gasteiger partial charge in [0.1, 0.15) is 5.76 Å². The van der Waals surface area contributed by atoms with Gasteiger partial charge in [-0.1, -0.05) is 0 Å². The summed E-state index contributed by atoms with van der Waals surface area (Å²) in [5.74, 6) is -2.27. The van der Waals surface area contributed by atoms with Crippen LogP contribution >= 0.6 is 0 Å². The molecule has 1 aromatic rings. The molecule has 2 N–H and O–H groups in total. The number of rotatable bonds is 6. The normalized spacial score (nSPS) is 14.8. The molecule has 0 aromatic carbocycles. The Hall–Kier alpha value is -2.67. The van der Waals surface area contributed by atoms with Gasteiger partial charge in [0.05, 0.1) is 18.8 Å². The van der Waals surface area contributed by atoms with Crippen molar-refractivity contribution in [2.24, 2.45) is 0 Å². The maximum Gasteiger partial charge on any atom is 0.490 e. The first kappa shape index (κ1) is 25.4. The van der Waals surface area contributed by atoms with E-state index in [-0.39, 0.29) is 23.7 Å². The number of carboxylic acids is 1. The molecule has 2 heterocycles. The Labute approximate surface area is 171 Å². The van der Waals surface area contributed by atoms with Crippen LogP contribution < -0.4 is 5.32 Å². The van der Waals surface area contributed by atoms with E-state index in [0.29, 0.717) is 32.7 Å². The Morgan fingerprint density at radius 1 is 1.37 bits per heavy atom. The van der Waals surface area contributed by atoms with Crippen molar-refractivity contribution >= 4 is 17.8 Å². The van der Waals surface area contributed by atoms with E-state index in [4.69, 9.17) is 19.1 Å². The fourth-order valence-electron chi connectivity index (χ4n) is 2.39. The molecule has 0 unspecified atom stereocenters. The molecule has 2 amide bonds. The number of carbonyl (C=O) groups excluding carboxylic acids is 2. The van der Waals surface area contributed by atoms with Crippen LogP contribution in [0.2, 0.25) is 0 Å². The van der Waals surface area contributed by atoms with E-state index in [2.05, 4.69) is 10.3 Å². The second kappa shape index (κ2) is 10.9. The number of aromatic nitrogens is 1. The van der Waals surface area contributed by atoms with Crippen LogP contribution in [0.4, 0.5) is 13.2 Å². The summed E-state index contributed by atoms with van der Waals surface area (Å²) in [4.78, 5) is 40.6. The topological polar surface area (TPSA) is 125 Å². The number of halogens is 3. The standard InChI is InChI=1S/C15H24N4O4.C2HF3O2/c1-10(9-22-4)16-14(21)15-17-11-7-19(6-5-12(11)23-15)8-13(20)18(2)3;3-2(4,5)1(6)7/h10H,5-9H2,1-4H3,(H,16,21);(H,6,7)/t10-;/m0./s1. The number of likely N-dealkylation sites (N-methyl/N-ethyl adjacent to an activating group) is 1. The Morgan fingerprint density at radius 2 is 1.97 bits per heavy atom. The van der Waals surface area contributed by atoms with E-state index in [1.165, 1.54) is 0 Å². The lowest BCUT2D eigenvalue weighted by Crippen LogP contribution is -2.39. The average Bonchev–Trinajstić information content (AvgIpc) is 3.05. The maximum absolute atomic E-state index is 12.1. The summed E-state index contributed by atoms with van der Waals surface area (Å²) in [5.41, 5.74) is 0.729. The number of oxazole rings is 1. The molecule has 0 radical (unpaired) electrons. The molecule has 0 fully saturated rings. The van der Waals surface area contributed by atoms with Gasteiger partial charge in [-0.25, -0.2) is 9.78 Å². The van der Waals surface area contributed by atoms with Crippen LogP contribution in [0.5, 0.6) is 0 Å². The minimum Gasteiger partial charge on any atom is -0.475 e. The van der Waals surface area contributed by atoms with Crippen LogP contribution in [0.25, 0.3) is 0 Å². The number of hydrogen-bond donors (Lipinski definition) is 2. The molecule has 0 saturated carbocycles. The van der Waals surface area contributed by atoms with Gasteiger partial charge >= 0.3 is 18.1 Å². The first-order chi connectivity index (χ1) is 13.8. The average molecular weight is 438 g/mol. The molecular weight excluding hydrogens is 413 g/mol. The third-order valence-electron chi connectivity index (χ3n) is 3.90. The van der Waals surface area contributed by atoms with Crippen molar-refractivity contribution in [1.82, 2.24) is 20.1 Å². The van der Waals surface area contributed by atoms with Crippen molar-refractivity contribution in [3.05, 3.63) is 17.3 Å². The van der Waals surface area contributed by atoms with Crippen molar-refractivity contribution in [1.29, 1.82) is 0 Å². The lowest BCUT2D eigenvalue weighted by molar-refractivity contribution is -0.192. The fraction of sp³-hybridized carbons (Fsp3) is 0.647. The number of amides is 2. The number of nitrogens with one attached hydrogen (secondary N) is 1. The molecule has 1 atom stereocenters. The third-order valence-corrected chi connectivity index (χ3v) is 3.90. The van der Waals surface area contributed by atoms with Gasteiger partial charge in [0.2, 0.25) is 5.91 Å². The second-order valence-electron chi connectivity index (χ2n) is 6.77. The molecule has 0 aliphatic carbocycles. The molecule has 1 aromatic heterocycles. The number of carboxylic acid groups (broad SMARTS) is 1. The van der Waals surface area contributed by atoms with Crippen LogP contribution in [0, 0.1) is 0 Å². The number of alkyl halides is 3. The van der Waals surface area contributed by atoms with Gasteiger partial charge in [0.15, 0.2) is 0 Å². The molecule has 1 aliphatic rings. The van der Waals surface area contributed by atoms with Gasteiger partial charge in [-0.05, 0) is 6.92 Å². The first-order valence-electron chi connectivity index (χ1n) is 8.86. The maximum atomic E-state index is 12.1. The number of nitrogens with zero attached hydrogens (tertiary/aromatic N) is 3. The largest absolute Gasteiger partial charge is 0.490 e. The monoisotopic (exact) mass is 438 g/mol. The quantitative estimate of drug-likeness (QED) is 0.659. The van der Waals surface area contributed by atoms with E-state index in [0.717, 1.165) is 11.5 Å². The zero-order chi connectivity index (χ0) is 23.1. The minimum absolute atomic E-state index is 0.0447. The molecule has 30 heavy (non-hydrogen) atoms. The Kier molecular flexibility index (Phi) is 9.23. The van der Waals surface area contributed by atoms with E-state index in [1.54, 1.807) is 26.1 Å². The van der Waals surface area contributed by atoms with Gasteiger partial charge in [-0.15, -0.1) is 0 Å². The van der Waals surface area contributed by atoms with Crippen molar-refractivity contribution in [2.45, 2.75) is 32.1 Å². The summed E-state index contributed by atoms with van der Waals surface area (Å²) < 4.78 is 42.3. The van der Waals surface area contributed by atoms with Crippen LogP contribution in [0.1, 0.15) is 29.1 Å². The van der Waals surface area contributed by atoms with Crippen molar-refractivity contribution in [3.63, 3.8) is 0 Å². The van der Waals surface area contributed by atoms with Gasteiger partial charge < -0.3 is 24.5 Å². The SMILES string of the molecule is COC[C@H](C)NC(=O)c1nc2c(o1)CCN(CC(=O)N(C)C)C2.O=C(O)C(F)(F)F. The molecule has 13 heteroatoms. The van der Waals surface area contributed by atoms with E-state index >= 15 is 0 Å². The number of carbonyl (C=O) groups is 3. The lowest BCUT2D eigenvalue weighted by Gasteiger charge is -2.25. The van der Waals surface area contributed by atoms with Gasteiger partial charge in [-0.2, -0.15) is 13.2 Å². The predicted molar refractivity (Wildman–Crippen MR) is 96.7 cm³/mol. The highest BCUT2D eigenvalue weighted by molar-refractivity contribution is 5.89. The lowest BCUT2D eigenvalue weighted by atomic mass is 10.1. The van der Waals surface area contributed by atoms with Crippen LogP contribution in [-0.2, 0) is 27.3 Å². The van der Waals surface area contributed by atoms with Gasteiger partial charge in [0, 0.05) is 46.8 Å². The summed E-state index contributed by atoms with van der Waals surface area (Å²) in [6.07, 6.45) is -4.44. The number of fused-ring (bicyclic) bond motifs is 1. The second-order valence-corrected chi connectivity index (χ2v) is 6.77. The summed E-state index contributed by atoms with van der Waals surface area (Å²) in [7, 11) is 5.05. The molecule has 10 nitrogen and oxygen atoms in total. The minimum atomic E-state index is -5.08.